The predicted octanol–water partition coefficient (Wildman–Crippen LogP) is 2.93. The van der Waals surface area contributed by atoms with E-state index in [9.17, 15) is 0 Å². The van der Waals surface area contributed by atoms with Crippen LogP contribution >= 0.6 is 0 Å². The summed E-state index contributed by atoms with van der Waals surface area (Å²) in [5.74, 6) is 2.31. The Morgan fingerprint density at radius 3 is 2.88 bits per heavy atom. The van der Waals surface area contributed by atoms with Crippen LogP contribution < -0.4 is 10.6 Å². The highest BCUT2D eigenvalue weighted by atomic mass is 15.1. The fourth-order valence-electron chi connectivity index (χ4n) is 2.71. The van der Waals surface area contributed by atoms with Crippen molar-refractivity contribution in [2.75, 3.05) is 23.7 Å². The highest BCUT2D eigenvalue weighted by Gasteiger charge is 2.20. The number of nitrogens with two attached hydrogens (primary N) is 1. The van der Waals surface area contributed by atoms with Gasteiger partial charge in [0, 0.05) is 19.3 Å². The van der Waals surface area contributed by atoms with E-state index in [2.05, 4.69) is 29.8 Å². The van der Waals surface area contributed by atoms with Gasteiger partial charge < -0.3 is 10.6 Å². The Morgan fingerprint density at radius 2 is 2.18 bits per heavy atom. The van der Waals surface area contributed by atoms with E-state index in [1.807, 2.05) is 6.07 Å². The molecule has 17 heavy (non-hydrogen) atoms. The standard InChI is InChI=1S/C14H23N3/c1-11(2)12-5-4-9-17(10-7-12)13-6-3-8-16-14(13)15/h3,6,8,11-12H,4-5,7,9-10H2,1-2H3,(H2,15,16). The van der Waals surface area contributed by atoms with Crippen LogP contribution in [0.2, 0.25) is 0 Å². The first-order chi connectivity index (χ1) is 8.18. The molecule has 1 fully saturated rings. The molecule has 1 atom stereocenters. The summed E-state index contributed by atoms with van der Waals surface area (Å²) in [6.07, 6.45) is 5.63. The molecule has 94 valence electrons. The van der Waals surface area contributed by atoms with Crippen molar-refractivity contribution in [2.24, 2.45) is 11.8 Å². The molecule has 0 saturated carbocycles. The zero-order valence-electron chi connectivity index (χ0n) is 10.9. The van der Waals surface area contributed by atoms with Gasteiger partial charge in [-0.25, -0.2) is 4.98 Å². The van der Waals surface area contributed by atoms with Gasteiger partial charge >= 0.3 is 0 Å². The fraction of sp³-hybridized carbons (Fsp3) is 0.643. The lowest BCUT2D eigenvalue weighted by atomic mass is 9.89. The Bertz CT molecular complexity index is 362. The highest BCUT2D eigenvalue weighted by Crippen LogP contribution is 2.28. The minimum Gasteiger partial charge on any atom is -0.382 e. The van der Waals surface area contributed by atoms with Crippen molar-refractivity contribution < 1.29 is 0 Å². The van der Waals surface area contributed by atoms with Crippen molar-refractivity contribution in [3.8, 4) is 0 Å². The van der Waals surface area contributed by atoms with E-state index in [0.29, 0.717) is 5.82 Å². The number of nitrogen functional groups attached to an aromatic ring is 1. The summed E-state index contributed by atoms with van der Waals surface area (Å²) in [6.45, 7) is 6.88. The minimum absolute atomic E-state index is 0.662. The number of hydrogen-bond acceptors (Lipinski definition) is 3. The molecule has 2 heterocycles. The van der Waals surface area contributed by atoms with Gasteiger partial charge in [-0.1, -0.05) is 13.8 Å². The van der Waals surface area contributed by atoms with Gasteiger partial charge in [-0.15, -0.1) is 0 Å². The Morgan fingerprint density at radius 1 is 1.35 bits per heavy atom. The van der Waals surface area contributed by atoms with Gasteiger partial charge in [-0.2, -0.15) is 0 Å². The maximum absolute atomic E-state index is 5.94. The fourth-order valence-corrected chi connectivity index (χ4v) is 2.71. The first-order valence-corrected chi connectivity index (χ1v) is 6.64. The molecule has 0 radical (unpaired) electrons. The van der Waals surface area contributed by atoms with Crippen LogP contribution in [-0.2, 0) is 0 Å². The number of rotatable bonds is 2. The molecule has 2 rings (SSSR count). The van der Waals surface area contributed by atoms with Gasteiger partial charge in [-0.05, 0) is 43.2 Å². The molecule has 1 aromatic rings. The van der Waals surface area contributed by atoms with Crippen molar-refractivity contribution in [3.05, 3.63) is 18.3 Å². The largest absolute Gasteiger partial charge is 0.382 e. The van der Waals surface area contributed by atoms with E-state index in [0.717, 1.165) is 30.6 Å². The second-order valence-corrected chi connectivity index (χ2v) is 5.33. The highest BCUT2D eigenvalue weighted by molar-refractivity contribution is 5.62. The summed E-state index contributed by atoms with van der Waals surface area (Å²) >= 11 is 0. The Balaban J connectivity index is 2.07. The monoisotopic (exact) mass is 233 g/mol. The van der Waals surface area contributed by atoms with Crippen LogP contribution in [-0.4, -0.2) is 18.1 Å². The SMILES string of the molecule is CC(C)C1CCCN(c2cccnc2N)CC1. The number of aromatic nitrogens is 1. The zero-order valence-corrected chi connectivity index (χ0v) is 10.9. The average Bonchev–Trinajstić information content (AvgIpc) is 2.55. The van der Waals surface area contributed by atoms with E-state index >= 15 is 0 Å². The Kier molecular flexibility index (Phi) is 3.87. The third-order valence-corrected chi connectivity index (χ3v) is 3.87. The first-order valence-electron chi connectivity index (χ1n) is 6.64. The van der Waals surface area contributed by atoms with Crippen molar-refractivity contribution in [3.63, 3.8) is 0 Å². The van der Waals surface area contributed by atoms with Crippen LogP contribution in [0.1, 0.15) is 33.1 Å². The van der Waals surface area contributed by atoms with Gasteiger partial charge in [0.25, 0.3) is 0 Å². The molecule has 1 aliphatic heterocycles. The summed E-state index contributed by atoms with van der Waals surface area (Å²) < 4.78 is 0. The third-order valence-electron chi connectivity index (χ3n) is 3.87. The molecule has 1 unspecified atom stereocenters. The summed E-state index contributed by atoms with van der Waals surface area (Å²) in [7, 11) is 0. The second-order valence-electron chi connectivity index (χ2n) is 5.33. The van der Waals surface area contributed by atoms with Crippen molar-refractivity contribution in [1.82, 2.24) is 4.98 Å². The molecule has 0 bridgehead atoms. The topological polar surface area (TPSA) is 42.2 Å². The van der Waals surface area contributed by atoms with Gasteiger partial charge in [-0.3, -0.25) is 0 Å². The van der Waals surface area contributed by atoms with Crippen molar-refractivity contribution >= 4 is 11.5 Å². The first kappa shape index (κ1) is 12.2. The van der Waals surface area contributed by atoms with Crippen LogP contribution in [0.3, 0.4) is 0 Å². The quantitative estimate of drug-likeness (QED) is 0.854. The minimum atomic E-state index is 0.662. The lowest BCUT2D eigenvalue weighted by Crippen LogP contribution is -2.25. The van der Waals surface area contributed by atoms with Gasteiger partial charge in [0.1, 0.15) is 5.82 Å². The normalized spacial score (nSPS) is 21.6. The van der Waals surface area contributed by atoms with Gasteiger partial charge in [0.2, 0.25) is 0 Å². The molecule has 2 N–H and O–H groups in total. The second kappa shape index (κ2) is 5.39. The molecule has 0 aliphatic carbocycles. The lowest BCUT2D eigenvalue weighted by molar-refractivity contribution is 0.351. The predicted molar refractivity (Wildman–Crippen MR) is 73.0 cm³/mol. The van der Waals surface area contributed by atoms with Gasteiger partial charge in [0.05, 0.1) is 5.69 Å². The summed E-state index contributed by atoms with van der Waals surface area (Å²) in [5.41, 5.74) is 7.05. The molecule has 3 heteroatoms. The molecule has 3 nitrogen and oxygen atoms in total. The zero-order chi connectivity index (χ0) is 12.3. The van der Waals surface area contributed by atoms with Crippen LogP contribution in [0.25, 0.3) is 0 Å². The maximum Gasteiger partial charge on any atom is 0.146 e. The van der Waals surface area contributed by atoms with E-state index in [1.165, 1.54) is 19.3 Å². The summed E-state index contributed by atoms with van der Waals surface area (Å²) in [6, 6.07) is 4.05. The third kappa shape index (κ3) is 2.90. The summed E-state index contributed by atoms with van der Waals surface area (Å²) in [5, 5.41) is 0. The molecule has 1 saturated heterocycles. The van der Waals surface area contributed by atoms with Crippen LogP contribution in [0.15, 0.2) is 18.3 Å². The van der Waals surface area contributed by atoms with E-state index < -0.39 is 0 Å². The number of pyridine rings is 1. The molecule has 0 spiro atoms. The number of anilines is 2. The van der Waals surface area contributed by atoms with E-state index in [4.69, 9.17) is 5.73 Å². The molecule has 0 aromatic carbocycles. The van der Waals surface area contributed by atoms with Crippen LogP contribution in [0.4, 0.5) is 11.5 Å². The smallest absolute Gasteiger partial charge is 0.146 e. The maximum atomic E-state index is 5.94. The van der Waals surface area contributed by atoms with Gasteiger partial charge in [0.15, 0.2) is 0 Å². The van der Waals surface area contributed by atoms with Crippen molar-refractivity contribution in [1.29, 1.82) is 0 Å². The molecular formula is C14H23N3. The average molecular weight is 233 g/mol. The molecule has 1 aliphatic rings. The molecule has 1 aromatic heterocycles. The Labute approximate surface area is 104 Å². The van der Waals surface area contributed by atoms with Crippen molar-refractivity contribution in [2.45, 2.75) is 33.1 Å². The van der Waals surface area contributed by atoms with Crippen LogP contribution in [0.5, 0.6) is 0 Å². The summed E-state index contributed by atoms with van der Waals surface area (Å²) in [4.78, 5) is 6.57. The number of hydrogen-bond donors (Lipinski definition) is 1. The Hall–Kier alpha value is -1.25. The molecular weight excluding hydrogens is 210 g/mol. The lowest BCUT2D eigenvalue weighted by Gasteiger charge is -2.24. The number of nitrogens with zero attached hydrogens (tertiary/aromatic N) is 2. The van der Waals surface area contributed by atoms with E-state index in [1.54, 1.807) is 6.20 Å². The van der Waals surface area contributed by atoms with Crippen LogP contribution in [0, 0.1) is 11.8 Å². The molecule has 0 amide bonds. The van der Waals surface area contributed by atoms with E-state index in [-0.39, 0.29) is 0 Å².